The molecule has 0 bridgehead atoms. The highest BCUT2D eigenvalue weighted by Gasteiger charge is 2.30. The van der Waals surface area contributed by atoms with Crippen molar-refractivity contribution in [3.8, 4) is 0 Å². The van der Waals surface area contributed by atoms with E-state index >= 15 is 0 Å². The number of rotatable bonds is 2. The summed E-state index contributed by atoms with van der Waals surface area (Å²) in [6, 6.07) is 0.283. The van der Waals surface area contributed by atoms with Crippen LogP contribution in [0.4, 0.5) is 0 Å². The van der Waals surface area contributed by atoms with Gasteiger partial charge < -0.3 is 15.4 Å². The third kappa shape index (κ3) is 3.19. The lowest BCUT2D eigenvalue weighted by Crippen LogP contribution is -2.55. The first-order chi connectivity index (χ1) is 8.18. The standard InChI is InChI=1S/C13H24N2O2/c1-9-4-3-6-14-12(9)13(16)15-11-5-7-17-8-10(11)2/h9-12,14H,3-8H2,1-2H3,(H,15,16). The monoisotopic (exact) mass is 240 g/mol. The van der Waals surface area contributed by atoms with Crippen LogP contribution < -0.4 is 10.6 Å². The van der Waals surface area contributed by atoms with Crippen molar-refractivity contribution in [2.24, 2.45) is 11.8 Å². The fraction of sp³-hybridized carbons (Fsp3) is 0.923. The number of amides is 1. The van der Waals surface area contributed by atoms with Gasteiger partial charge in [-0.25, -0.2) is 0 Å². The molecule has 0 aromatic rings. The van der Waals surface area contributed by atoms with E-state index in [2.05, 4.69) is 24.5 Å². The Balaban J connectivity index is 1.86. The average molecular weight is 240 g/mol. The van der Waals surface area contributed by atoms with Crippen LogP contribution in [-0.2, 0) is 9.53 Å². The Hall–Kier alpha value is -0.610. The molecule has 0 aliphatic carbocycles. The molecule has 1 amide bonds. The number of piperidine rings is 1. The number of hydrogen-bond acceptors (Lipinski definition) is 3. The maximum Gasteiger partial charge on any atom is 0.237 e. The SMILES string of the molecule is CC1COCCC1NC(=O)C1NCCCC1C. The number of hydrogen-bond donors (Lipinski definition) is 2. The van der Waals surface area contributed by atoms with E-state index in [4.69, 9.17) is 4.74 Å². The summed E-state index contributed by atoms with van der Waals surface area (Å²) in [5.41, 5.74) is 0. The summed E-state index contributed by atoms with van der Waals surface area (Å²) in [6.07, 6.45) is 3.26. The van der Waals surface area contributed by atoms with Crippen molar-refractivity contribution in [1.82, 2.24) is 10.6 Å². The topological polar surface area (TPSA) is 50.4 Å². The molecule has 4 atom stereocenters. The Bertz CT molecular complexity index is 270. The van der Waals surface area contributed by atoms with Gasteiger partial charge in [0.1, 0.15) is 0 Å². The number of nitrogens with one attached hydrogen (secondary N) is 2. The van der Waals surface area contributed by atoms with Gasteiger partial charge in [0.25, 0.3) is 0 Å². The van der Waals surface area contributed by atoms with Crippen LogP contribution in [-0.4, -0.2) is 37.7 Å². The summed E-state index contributed by atoms with van der Waals surface area (Å²) in [5, 5.41) is 6.52. The van der Waals surface area contributed by atoms with Gasteiger partial charge in [0.15, 0.2) is 0 Å². The highest BCUT2D eigenvalue weighted by atomic mass is 16.5. The lowest BCUT2D eigenvalue weighted by molar-refractivity contribution is -0.126. The van der Waals surface area contributed by atoms with Crippen LogP contribution in [0.3, 0.4) is 0 Å². The average Bonchev–Trinajstić information content (AvgIpc) is 2.32. The van der Waals surface area contributed by atoms with E-state index < -0.39 is 0 Å². The summed E-state index contributed by atoms with van der Waals surface area (Å²) in [6.45, 7) is 6.79. The van der Waals surface area contributed by atoms with Crippen molar-refractivity contribution in [3.63, 3.8) is 0 Å². The minimum Gasteiger partial charge on any atom is -0.381 e. The zero-order valence-corrected chi connectivity index (χ0v) is 10.9. The molecule has 2 saturated heterocycles. The first kappa shape index (κ1) is 12.8. The molecule has 2 fully saturated rings. The molecular formula is C13H24N2O2. The van der Waals surface area contributed by atoms with Crippen molar-refractivity contribution in [1.29, 1.82) is 0 Å². The Morgan fingerprint density at radius 3 is 2.82 bits per heavy atom. The highest BCUT2D eigenvalue weighted by Crippen LogP contribution is 2.18. The minimum absolute atomic E-state index is 0.00112. The molecule has 0 saturated carbocycles. The first-order valence-corrected chi connectivity index (χ1v) is 6.80. The molecule has 2 N–H and O–H groups in total. The predicted octanol–water partition coefficient (Wildman–Crippen LogP) is 0.916. The maximum absolute atomic E-state index is 12.2. The maximum atomic E-state index is 12.2. The van der Waals surface area contributed by atoms with Gasteiger partial charge in [-0.05, 0) is 37.6 Å². The van der Waals surface area contributed by atoms with E-state index in [1.54, 1.807) is 0 Å². The third-order valence-corrected chi connectivity index (χ3v) is 4.02. The molecule has 0 spiro atoms. The third-order valence-electron chi connectivity index (χ3n) is 4.02. The second kappa shape index (κ2) is 5.83. The van der Waals surface area contributed by atoms with Gasteiger partial charge >= 0.3 is 0 Å². The summed E-state index contributed by atoms with van der Waals surface area (Å²) >= 11 is 0. The van der Waals surface area contributed by atoms with Crippen LogP contribution in [0.2, 0.25) is 0 Å². The van der Waals surface area contributed by atoms with Crippen molar-refractivity contribution in [3.05, 3.63) is 0 Å². The summed E-state index contributed by atoms with van der Waals surface area (Å²) in [5.74, 6) is 1.04. The van der Waals surface area contributed by atoms with Gasteiger partial charge in [-0.15, -0.1) is 0 Å². The molecule has 2 aliphatic rings. The molecule has 0 aromatic heterocycles. The van der Waals surface area contributed by atoms with E-state index in [-0.39, 0.29) is 18.0 Å². The zero-order valence-electron chi connectivity index (χ0n) is 10.9. The van der Waals surface area contributed by atoms with E-state index in [9.17, 15) is 4.79 Å². The lowest BCUT2D eigenvalue weighted by Gasteiger charge is -2.34. The van der Waals surface area contributed by atoms with Crippen molar-refractivity contribution in [2.45, 2.75) is 45.2 Å². The summed E-state index contributed by atoms with van der Waals surface area (Å²) < 4.78 is 5.39. The molecule has 4 heteroatoms. The van der Waals surface area contributed by atoms with Crippen LogP contribution in [0.25, 0.3) is 0 Å². The van der Waals surface area contributed by atoms with Gasteiger partial charge in [0.05, 0.1) is 12.6 Å². The van der Waals surface area contributed by atoms with Crippen molar-refractivity contribution < 1.29 is 9.53 Å². The molecule has 17 heavy (non-hydrogen) atoms. The van der Waals surface area contributed by atoms with Gasteiger partial charge in [-0.2, -0.15) is 0 Å². The largest absolute Gasteiger partial charge is 0.381 e. The highest BCUT2D eigenvalue weighted by molar-refractivity contribution is 5.82. The second-order valence-electron chi connectivity index (χ2n) is 5.51. The second-order valence-corrected chi connectivity index (χ2v) is 5.51. The summed E-state index contributed by atoms with van der Waals surface area (Å²) in [7, 11) is 0. The lowest BCUT2D eigenvalue weighted by atomic mass is 9.91. The Morgan fingerprint density at radius 2 is 2.12 bits per heavy atom. The molecule has 4 unspecified atom stereocenters. The smallest absolute Gasteiger partial charge is 0.237 e. The molecule has 0 aromatic carbocycles. The van der Waals surface area contributed by atoms with E-state index in [1.807, 2.05) is 0 Å². The zero-order chi connectivity index (χ0) is 12.3. The molecular weight excluding hydrogens is 216 g/mol. The quantitative estimate of drug-likeness (QED) is 0.754. The van der Waals surface area contributed by atoms with Crippen LogP contribution in [0, 0.1) is 11.8 Å². The molecule has 98 valence electrons. The first-order valence-electron chi connectivity index (χ1n) is 6.80. The Labute approximate surface area is 103 Å². The van der Waals surface area contributed by atoms with Crippen molar-refractivity contribution in [2.75, 3.05) is 19.8 Å². The number of carbonyl (C=O) groups excluding carboxylic acids is 1. The molecule has 2 aliphatic heterocycles. The van der Waals surface area contributed by atoms with E-state index in [1.165, 1.54) is 6.42 Å². The fourth-order valence-electron chi connectivity index (χ4n) is 2.77. The van der Waals surface area contributed by atoms with Crippen LogP contribution in [0.15, 0.2) is 0 Å². The Kier molecular flexibility index (Phi) is 4.40. The van der Waals surface area contributed by atoms with Gasteiger partial charge in [0, 0.05) is 12.6 Å². The van der Waals surface area contributed by atoms with Gasteiger partial charge in [-0.3, -0.25) is 4.79 Å². The normalized spacial score (nSPS) is 38.7. The van der Waals surface area contributed by atoms with Crippen LogP contribution >= 0.6 is 0 Å². The Morgan fingerprint density at radius 1 is 1.29 bits per heavy atom. The van der Waals surface area contributed by atoms with Crippen LogP contribution in [0.5, 0.6) is 0 Å². The predicted molar refractivity (Wildman–Crippen MR) is 66.7 cm³/mol. The van der Waals surface area contributed by atoms with E-state index in [0.717, 1.165) is 32.6 Å². The van der Waals surface area contributed by atoms with E-state index in [0.29, 0.717) is 11.8 Å². The molecule has 0 radical (unpaired) electrons. The van der Waals surface area contributed by atoms with Crippen molar-refractivity contribution >= 4 is 5.91 Å². The summed E-state index contributed by atoms with van der Waals surface area (Å²) in [4.78, 5) is 12.2. The van der Waals surface area contributed by atoms with Gasteiger partial charge in [-0.1, -0.05) is 13.8 Å². The minimum atomic E-state index is -0.00112. The molecule has 2 heterocycles. The van der Waals surface area contributed by atoms with Crippen LogP contribution in [0.1, 0.15) is 33.1 Å². The molecule has 2 rings (SSSR count). The van der Waals surface area contributed by atoms with Gasteiger partial charge in [0.2, 0.25) is 5.91 Å². The number of ether oxygens (including phenoxy) is 1. The number of carbonyl (C=O) groups is 1. The fourth-order valence-corrected chi connectivity index (χ4v) is 2.77. The molecule has 4 nitrogen and oxygen atoms in total.